The highest BCUT2D eigenvalue weighted by molar-refractivity contribution is 5.41. The highest BCUT2D eigenvalue weighted by Gasteiger charge is 2.59. The van der Waals surface area contributed by atoms with Gasteiger partial charge >= 0.3 is 0 Å². The molecule has 1 aromatic rings. The number of rotatable bonds is 14. The van der Waals surface area contributed by atoms with Crippen LogP contribution >= 0.6 is 0 Å². The third kappa shape index (κ3) is 6.72. The second-order valence-corrected chi connectivity index (χ2v) is 13.1. The number of unbranched alkanes of at least 4 members (excludes halogenated alkanes) is 8. The number of aromatic hydroxyl groups is 1. The zero-order chi connectivity index (χ0) is 26.4. The van der Waals surface area contributed by atoms with Crippen LogP contribution in [0.3, 0.4) is 0 Å². The Kier molecular flexibility index (Phi) is 10.4. The Hall–Kier alpha value is -1.13. The van der Waals surface area contributed by atoms with E-state index in [2.05, 4.69) is 25.8 Å². The average Bonchev–Trinajstić information content (AvgIpc) is 3.16. The van der Waals surface area contributed by atoms with Crippen LogP contribution < -0.4 is 0 Å². The van der Waals surface area contributed by atoms with Crippen molar-refractivity contribution in [1.82, 2.24) is 4.90 Å². The molecule has 4 rings (SSSR count). The predicted molar refractivity (Wildman–Crippen MR) is 152 cm³/mol. The third-order valence-corrected chi connectivity index (χ3v) is 10.5. The van der Waals surface area contributed by atoms with E-state index in [1.165, 1.54) is 77.3 Å². The lowest BCUT2D eigenvalue weighted by molar-refractivity contribution is -0.0722. The molecule has 0 saturated heterocycles. The smallest absolute Gasteiger partial charge is 0.115 e. The highest BCUT2D eigenvalue weighted by Crippen LogP contribution is 2.63. The van der Waals surface area contributed by atoms with Gasteiger partial charge in [-0.05, 0) is 112 Å². The van der Waals surface area contributed by atoms with Gasteiger partial charge in [0.05, 0.1) is 6.10 Å². The van der Waals surface area contributed by atoms with Crippen molar-refractivity contribution in [3.05, 3.63) is 29.3 Å². The average molecular weight is 516 g/mol. The van der Waals surface area contributed by atoms with Gasteiger partial charge in [-0.25, -0.2) is 4.39 Å². The standard InChI is InChI=1S/C33H54FNO2/c1-4-5-6-7-8-9-12-19-35(3)20-13-10-11-14-24-21-25-22-26(36)15-16-27(25)32-29(34)23-33(2)28(31(24)32)17-18-30(33)37/h15-16,22,24,28-32,36-37H,4-14,17-21,23H2,1-3H3/t24-,28?,29+,30+,31?,32?,33?/m1/s1. The molecule has 0 amide bonds. The largest absolute Gasteiger partial charge is 0.508 e. The predicted octanol–water partition coefficient (Wildman–Crippen LogP) is 8.03. The number of phenolic OH excluding ortho intramolecular Hbond substituents is 1. The fraction of sp³-hybridized carbons (Fsp3) is 0.818. The number of aliphatic hydroxyl groups is 1. The Morgan fingerprint density at radius 1 is 0.973 bits per heavy atom. The summed E-state index contributed by atoms with van der Waals surface area (Å²) in [7, 11) is 2.27. The maximum absolute atomic E-state index is 15.9. The summed E-state index contributed by atoms with van der Waals surface area (Å²) in [5.74, 6) is 1.37. The van der Waals surface area contributed by atoms with E-state index >= 15 is 4.39 Å². The molecule has 0 spiro atoms. The van der Waals surface area contributed by atoms with E-state index in [1.807, 2.05) is 12.1 Å². The van der Waals surface area contributed by atoms with Crippen molar-refractivity contribution in [3.63, 3.8) is 0 Å². The second kappa shape index (κ2) is 13.3. The lowest BCUT2D eigenvalue weighted by Crippen LogP contribution is -2.51. The van der Waals surface area contributed by atoms with Crippen LogP contribution in [0.15, 0.2) is 18.2 Å². The molecule has 2 fully saturated rings. The molecule has 0 aromatic heterocycles. The minimum absolute atomic E-state index is 0.0779. The van der Waals surface area contributed by atoms with Crippen molar-refractivity contribution in [2.75, 3.05) is 20.1 Å². The molecule has 3 aliphatic carbocycles. The molecule has 7 atom stereocenters. The molecule has 0 heterocycles. The molecule has 4 unspecified atom stereocenters. The fourth-order valence-electron chi connectivity index (χ4n) is 8.45. The van der Waals surface area contributed by atoms with Crippen LogP contribution in [0.4, 0.5) is 4.39 Å². The Morgan fingerprint density at radius 2 is 1.65 bits per heavy atom. The molecule has 0 bridgehead atoms. The van der Waals surface area contributed by atoms with E-state index < -0.39 is 6.17 Å². The number of nitrogens with zero attached hydrogens (tertiary/aromatic N) is 1. The maximum Gasteiger partial charge on any atom is 0.115 e. The maximum atomic E-state index is 15.9. The molecule has 1 aromatic carbocycles. The number of phenols is 1. The van der Waals surface area contributed by atoms with Gasteiger partial charge in [0.1, 0.15) is 11.9 Å². The van der Waals surface area contributed by atoms with Gasteiger partial charge in [0.15, 0.2) is 0 Å². The molecule has 4 heteroatoms. The van der Waals surface area contributed by atoms with Crippen LogP contribution in [0, 0.1) is 23.2 Å². The lowest BCUT2D eigenvalue weighted by Gasteiger charge is -2.54. The van der Waals surface area contributed by atoms with Crippen molar-refractivity contribution >= 4 is 0 Å². The van der Waals surface area contributed by atoms with Gasteiger partial charge in [-0.1, -0.05) is 71.3 Å². The van der Waals surface area contributed by atoms with Gasteiger partial charge in [-0.15, -0.1) is 0 Å². The molecular weight excluding hydrogens is 461 g/mol. The molecule has 2 N–H and O–H groups in total. The number of aliphatic hydroxyl groups excluding tert-OH is 1. The topological polar surface area (TPSA) is 43.7 Å². The summed E-state index contributed by atoms with van der Waals surface area (Å²) in [5, 5.41) is 21.0. The van der Waals surface area contributed by atoms with E-state index in [0.29, 0.717) is 29.9 Å². The van der Waals surface area contributed by atoms with E-state index in [1.54, 1.807) is 6.07 Å². The van der Waals surface area contributed by atoms with Crippen LogP contribution in [0.1, 0.15) is 121 Å². The first-order valence-electron chi connectivity index (χ1n) is 15.7. The van der Waals surface area contributed by atoms with Crippen molar-refractivity contribution < 1.29 is 14.6 Å². The van der Waals surface area contributed by atoms with Crippen LogP contribution in [0.2, 0.25) is 0 Å². The van der Waals surface area contributed by atoms with E-state index in [-0.39, 0.29) is 17.4 Å². The number of hydrogen-bond donors (Lipinski definition) is 2. The Labute approximate surface area is 226 Å². The molecule has 2 saturated carbocycles. The van der Waals surface area contributed by atoms with Gasteiger partial charge in [-0.3, -0.25) is 0 Å². The van der Waals surface area contributed by atoms with Crippen LogP contribution in [0.25, 0.3) is 0 Å². The number of halogens is 1. The van der Waals surface area contributed by atoms with E-state index in [0.717, 1.165) is 36.8 Å². The summed E-state index contributed by atoms with van der Waals surface area (Å²) in [6.07, 6.45) is 16.3. The van der Waals surface area contributed by atoms with Gasteiger partial charge in [0.2, 0.25) is 0 Å². The molecule has 0 aliphatic heterocycles. The monoisotopic (exact) mass is 515 g/mol. The fourth-order valence-corrected chi connectivity index (χ4v) is 8.45. The van der Waals surface area contributed by atoms with Crippen molar-refractivity contribution in [2.24, 2.45) is 23.2 Å². The first-order chi connectivity index (χ1) is 17.8. The normalized spacial score (nSPS) is 32.8. The summed E-state index contributed by atoms with van der Waals surface area (Å²) >= 11 is 0. The summed E-state index contributed by atoms with van der Waals surface area (Å²) in [6, 6.07) is 5.62. The number of benzene rings is 1. The molecule has 37 heavy (non-hydrogen) atoms. The first-order valence-corrected chi connectivity index (χ1v) is 15.7. The van der Waals surface area contributed by atoms with Gasteiger partial charge in [0, 0.05) is 5.92 Å². The van der Waals surface area contributed by atoms with Crippen LogP contribution in [-0.2, 0) is 6.42 Å². The number of alkyl halides is 1. The van der Waals surface area contributed by atoms with Crippen molar-refractivity contribution in [1.29, 1.82) is 0 Å². The zero-order valence-electron chi connectivity index (χ0n) is 23.9. The molecule has 210 valence electrons. The number of fused-ring (bicyclic) bond motifs is 5. The SMILES string of the molecule is CCCCCCCCCN(C)CCCCC[C@@H]1Cc2cc(O)ccc2C2C1C1CC[C@H](O)C1(C)C[C@@H]2F. The summed E-state index contributed by atoms with van der Waals surface area (Å²) < 4.78 is 15.9. The quantitative estimate of drug-likeness (QED) is 0.247. The summed E-state index contributed by atoms with van der Waals surface area (Å²) in [4.78, 5) is 2.50. The second-order valence-electron chi connectivity index (χ2n) is 13.1. The Balaban J connectivity index is 1.28. The summed E-state index contributed by atoms with van der Waals surface area (Å²) in [5.41, 5.74) is 2.00. The molecule has 0 radical (unpaired) electrons. The minimum Gasteiger partial charge on any atom is -0.508 e. The van der Waals surface area contributed by atoms with Crippen LogP contribution in [0.5, 0.6) is 5.75 Å². The van der Waals surface area contributed by atoms with E-state index in [4.69, 9.17) is 0 Å². The Morgan fingerprint density at radius 3 is 2.38 bits per heavy atom. The van der Waals surface area contributed by atoms with E-state index in [9.17, 15) is 10.2 Å². The van der Waals surface area contributed by atoms with Gasteiger partial charge < -0.3 is 15.1 Å². The molecular formula is C33H54FNO2. The summed E-state index contributed by atoms with van der Waals surface area (Å²) in [6.45, 7) is 6.81. The van der Waals surface area contributed by atoms with Crippen molar-refractivity contribution in [3.8, 4) is 5.75 Å². The zero-order valence-corrected chi connectivity index (χ0v) is 23.9. The lowest BCUT2D eigenvalue weighted by atomic mass is 9.51. The minimum atomic E-state index is -0.912. The Bertz CT molecular complexity index is 846. The first kappa shape index (κ1) is 28.9. The molecule has 3 nitrogen and oxygen atoms in total. The molecule has 3 aliphatic rings. The number of hydrogen-bond acceptors (Lipinski definition) is 3. The van der Waals surface area contributed by atoms with Gasteiger partial charge in [-0.2, -0.15) is 0 Å². The third-order valence-electron chi connectivity index (χ3n) is 10.5. The highest BCUT2D eigenvalue weighted by atomic mass is 19.1. The van der Waals surface area contributed by atoms with Crippen LogP contribution in [-0.4, -0.2) is 47.5 Å². The van der Waals surface area contributed by atoms with Gasteiger partial charge in [0.25, 0.3) is 0 Å². The van der Waals surface area contributed by atoms with Crippen molar-refractivity contribution in [2.45, 2.75) is 128 Å².